The van der Waals surface area contributed by atoms with Crippen LogP contribution in [0.25, 0.3) is 0 Å². The second-order valence-electron chi connectivity index (χ2n) is 10.5. The SMILES string of the molecule is O=C1CCc2ccc(cc2)CCC(=O)c2cccc(c2)C(=O)CCc2ccc(cc2)CCC(=O)c2cccc1c2. The lowest BCUT2D eigenvalue weighted by atomic mass is 9.95. The summed E-state index contributed by atoms with van der Waals surface area (Å²) in [5, 5.41) is 0. The van der Waals surface area contributed by atoms with E-state index in [1.807, 2.05) is 48.5 Å². The minimum absolute atomic E-state index is 0.0158. The maximum atomic E-state index is 12.9. The Kier molecular flexibility index (Phi) is 8.56. The number of carbonyl (C=O) groups excluding carboxylic acids is 4. The van der Waals surface area contributed by atoms with Gasteiger partial charge in [0, 0.05) is 47.9 Å². The van der Waals surface area contributed by atoms with Crippen molar-refractivity contribution in [2.45, 2.75) is 51.4 Å². The fourth-order valence-electron chi connectivity index (χ4n) is 5.09. The predicted molar refractivity (Wildman–Crippen MR) is 156 cm³/mol. The molecule has 0 radical (unpaired) electrons. The van der Waals surface area contributed by atoms with Gasteiger partial charge in [0.1, 0.15) is 0 Å². The standard InChI is InChI=1S/C36H32O4/c37-33-19-15-25-7-11-27(12-8-25)17-21-35(39)31-5-2-6-32(24-31)36(40)22-18-28-13-9-26(10-14-28)16-20-34(38)30-4-1-3-29(33)23-30/h1-14,23-24H,15-22H2. The first-order valence-corrected chi connectivity index (χ1v) is 13.9. The van der Waals surface area contributed by atoms with Crippen LogP contribution in [0, 0.1) is 0 Å². The van der Waals surface area contributed by atoms with Crippen LogP contribution in [-0.4, -0.2) is 23.1 Å². The summed E-state index contributed by atoms with van der Waals surface area (Å²) in [5.74, 6) is 0.0632. The van der Waals surface area contributed by atoms with Crippen molar-refractivity contribution < 1.29 is 19.2 Å². The third-order valence-electron chi connectivity index (χ3n) is 7.62. The minimum atomic E-state index is 0.0158. The molecule has 0 amide bonds. The number of Topliss-reactive ketones (excluding diaryl/α,β-unsaturated/α-hetero) is 4. The van der Waals surface area contributed by atoms with E-state index in [0.717, 1.165) is 22.3 Å². The lowest BCUT2D eigenvalue weighted by Crippen LogP contribution is -2.06. The number of carbonyl (C=O) groups is 4. The Bertz CT molecular complexity index is 1320. The van der Waals surface area contributed by atoms with Gasteiger partial charge in [0.2, 0.25) is 0 Å². The molecule has 0 spiro atoms. The fraction of sp³-hybridized carbons (Fsp3) is 0.222. The van der Waals surface area contributed by atoms with Crippen LogP contribution in [0.1, 0.15) is 89.4 Å². The van der Waals surface area contributed by atoms with Crippen molar-refractivity contribution >= 4 is 23.1 Å². The molecule has 8 bridgehead atoms. The van der Waals surface area contributed by atoms with E-state index in [9.17, 15) is 19.2 Å². The van der Waals surface area contributed by atoms with Crippen molar-refractivity contribution in [1.82, 2.24) is 0 Å². The highest BCUT2D eigenvalue weighted by Crippen LogP contribution is 2.18. The molecule has 4 aliphatic rings. The molecule has 4 aromatic rings. The monoisotopic (exact) mass is 528 g/mol. The van der Waals surface area contributed by atoms with E-state index in [1.165, 1.54) is 0 Å². The van der Waals surface area contributed by atoms with Gasteiger partial charge in [-0.15, -0.1) is 0 Å². The summed E-state index contributed by atoms with van der Waals surface area (Å²) in [7, 11) is 0. The molecule has 4 aliphatic carbocycles. The van der Waals surface area contributed by atoms with Gasteiger partial charge in [-0.25, -0.2) is 0 Å². The summed E-state index contributed by atoms with van der Waals surface area (Å²) < 4.78 is 0. The van der Waals surface area contributed by atoms with Crippen LogP contribution in [-0.2, 0) is 25.7 Å². The Morgan fingerprint density at radius 1 is 0.300 bits per heavy atom. The summed E-state index contributed by atoms with van der Waals surface area (Å²) in [4.78, 5) is 51.6. The lowest BCUT2D eigenvalue weighted by Gasteiger charge is -2.08. The van der Waals surface area contributed by atoms with Gasteiger partial charge in [-0.1, -0.05) is 84.9 Å². The van der Waals surface area contributed by atoms with Crippen LogP contribution in [0.2, 0.25) is 0 Å². The Hall–Kier alpha value is -4.44. The first-order chi connectivity index (χ1) is 19.4. The summed E-state index contributed by atoms with van der Waals surface area (Å²) in [6.45, 7) is 0. The van der Waals surface area contributed by atoms with Crippen molar-refractivity contribution in [3.63, 3.8) is 0 Å². The van der Waals surface area contributed by atoms with Crippen LogP contribution in [0.5, 0.6) is 0 Å². The highest BCUT2D eigenvalue weighted by Gasteiger charge is 2.14. The molecule has 40 heavy (non-hydrogen) atoms. The minimum Gasteiger partial charge on any atom is -0.294 e. The largest absolute Gasteiger partial charge is 0.294 e. The smallest absolute Gasteiger partial charge is 0.163 e. The van der Waals surface area contributed by atoms with E-state index in [-0.39, 0.29) is 23.1 Å². The quantitative estimate of drug-likeness (QED) is 0.241. The van der Waals surface area contributed by atoms with E-state index in [0.29, 0.717) is 73.6 Å². The van der Waals surface area contributed by atoms with Gasteiger partial charge in [0.05, 0.1) is 0 Å². The van der Waals surface area contributed by atoms with Crippen molar-refractivity contribution in [2.75, 3.05) is 0 Å². The van der Waals surface area contributed by atoms with Crippen LogP contribution in [0.4, 0.5) is 0 Å². The molecule has 8 rings (SSSR count). The Morgan fingerprint density at radius 2 is 0.525 bits per heavy atom. The number of aryl methyl sites for hydroxylation is 4. The van der Waals surface area contributed by atoms with E-state index in [1.54, 1.807) is 48.5 Å². The van der Waals surface area contributed by atoms with Crippen LogP contribution in [0.15, 0.2) is 97.1 Å². The Morgan fingerprint density at radius 3 is 0.750 bits per heavy atom. The zero-order valence-corrected chi connectivity index (χ0v) is 22.5. The van der Waals surface area contributed by atoms with Crippen molar-refractivity contribution in [2.24, 2.45) is 0 Å². The molecule has 0 heterocycles. The number of rotatable bonds is 0. The average molecular weight is 529 g/mol. The average Bonchev–Trinajstić information content (AvgIpc) is 3.00. The molecule has 4 nitrogen and oxygen atoms in total. The first kappa shape index (κ1) is 27.1. The van der Waals surface area contributed by atoms with Gasteiger partial charge in [0.15, 0.2) is 23.1 Å². The molecule has 0 atom stereocenters. The first-order valence-electron chi connectivity index (χ1n) is 13.9. The highest BCUT2D eigenvalue weighted by atomic mass is 16.1. The van der Waals surface area contributed by atoms with Gasteiger partial charge in [-0.2, -0.15) is 0 Å². The second-order valence-corrected chi connectivity index (χ2v) is 10.5. The molecule has 0 saturated heterocycles. The molecular formula is C36H32O4. The van der Waals surface area contributed by atoms with Crippen LogP contribution in [0.3, 0.4) is 0 Å². The predicted octanol–water partition coefficient (Wildman–Crippen LogP) is 7.26. The Balaban J connectivity index is 1.36. The molecule has 0 aromatic heterocycles. The summed E-state index contributed by atoms with van der Waals surface area (Å²) in [5.41, 5.74) is 6.44. The summed E-state index contributed by atoms with van der Waals surface area (Å²) >= 11 is 0. The van der Waals surface area contributed by atoms with Gasteiger partial charge in [0.25, 0.3) is 0 Å². The maximum absolute atomic E-state index is 12.9. The van der Waals surface area contributed by atoms with Gasteiger partial charge < -0.3 is 0 Å². The number of ketones is 4. The van der Waals surface area contributed by atoms with Crippen molar-refractivity contribution in [3.05, 3.63) is 142 Å². The molecule has 200 valence electrons. The maximum Gasteiger partial charge on any atom is 0.163 e. The number of hydrogen-bond acceptors (Lipinski definition) is 4. The summed E-state index contributed by atoms with van der Waals surface area (Å²) in [6, 6.07) is 30.1. The highest BCUT2D eigenvalue weighted by molar-refractivity contribution is 6.02. The van der Waals surface area contributed by atoms with Gasteiger partial charge in [-0.3, -0.25) is 19.2 Å². The molecule has 0 aliphatic heterocycles. The molecule has 0 unspecified atom stereocenters. The fourth-order valence-corrected chi connectivity index (χ4v) is 5.09. The van der Waals surface area contributed by atoms with Gasteiger partial charge >= 0.3 is 0 Å². The molecule has 4 heteroatoms. The van der Waals surface area contributed by atoms with E-state index in [4.69, 9.17) is 0 Å². The van der Waals surface area contributed by atoms with Crippen LogP contribution >= 0.6 is 0 Å². The number of hydrogen-bond donors (Lipinski definition) is 0. The third kappa shape index (κ3) is 6.95. The third-order valence-corrected chi connectivity index (χ3v) is 7.62. The van der Waals surface area contributed by atoms with Crippen LogP contribution < -0.4 is 0 Å². The molecule has 0 fully saturated rings. The number of benzene rings is 4. The second kappa shape index (κ2) is 12.6. The van der Waals surface area contributed by atoms with Gasteiger partial charge in [-0.05, 0) is 60.1 Å². The zero-order valence-electron chi connectivity index (χ0n) is 22.5. The van der Waals surface area contributed by atoms with E-state index >= 15 is 0 Å². The molecule has 0 saturated carbocycles. The lowest BCUT2D eigenvalue weighted by molar-refractivity contribution is 0.0967. The van der Waals surface area contributed by atoms with Crippen molar-refractivity contribution in [1.29, 1.82) is 0 Å². The molecule has 0 N–H and O–H groups in total. The zero-order chi connectivity index (χ0) is 27.9. The van der Waals surface area contributed by atoms with Crippen molar-refractivity contribution in [3.8, 4) is 0 Å². The van der Waals surface area contributed by atoms with E-state index in [2.05, 4.69) is 0 Å². The topological polar surface area (TPSA) is 68.3 Å². The summed E-state index contributed by atoms with van der Waals surface area (Å²) in [6.07, 6.45) is 3.85. The van der Waals surface area contributed by atoms with E-state index < -0.39 is 0 Å². The normalized spacial score (nSPS) is 15.4. The molecular weight excluding hydrogens is 496 g/mol. The Labute approximate surface area is 235 Å². The molecule has 4 aromatic carbocycles.